The fraction of sp³-hybridized carbons (Fsp3) is 0.286. The summed E-state index contributed by atoms with van der Waals surface area (Å²) < 4.78 is 12.7. The van der Waals surface area contributed by atoms with Gasteiger partial charge in [0.1, 0.15) is 17.5 Å². The Morgan fingerprint density at radius 1 is 1.35 bits per heavy atom. The minimum absolute atomic E-state index is 0.00535. The molecule has 0 aliphatic carbocycles. The SMILES string of the molecule is N#C/C(=C/NCCc1ccc(F)cc1)C(=O)NCCCl. The molecule has 0 atom stereocenters. The van der Waals surface area contributed by atoms with Crippen molar-refractivity contribution in [1.82, 2.24) is 10.6 Å². The predicted octanol–water partition coefficient (Wildman–Crippen LogP) is 1.72. The van der Waals surface area contributed by atoms with Crippen LogP contribution in [0.3, 0.4) is 0 Å². The van der Waals surface area contributed by atoms with Gasteiger partial charge in [-0.2, -0.15) is 5.26 Å². The maximum atomic E-state index is 12.7. The molecule has 0 aliphatic heterocycles. The quantitative estimate of drug-likeness (QED) is 0.348. The Kier molecular flexibility index (Phi) is 7.15. The largest absolute Gasteiger partial charge is 0.389 e. The van der Waals surface area contributed by atoms with Crippen LogP contribution in [0.25, 0.3) is 0 Å². The fourth-order valence-electron chi connectivity index (χ4n) is 1.45. The second kappa shape index (κ2) is 8.94. The highest BCUT2D eigenvalue weighted by Gasteiger charge is 2.06. The number of amides is 1. The van der Waals surface area contributed by atoms with Crippen molar-refractivity contribution in [2.75, 3.05) is 19.0 Å². The summed E-state index contributed by atoms with van der Waals surface area (Å²) in [6, 6.07) is 7.99. The van der Waals surface area contributed by atoms with Crippen LogP contribution in [-0.2, 0) is 11.2 Å². The Bertz CT molecular complexity index is 508. The molecule has 0 fully saturated rings. The van der Waals surface area contributed by atoms with Crippen molar-refractivity contribution in [3.63, 3.8) is 0 Å². The van der Waals surface area contributed by atoms with E-state index in [9.17, 15) is 9.18 Å². The average Bonchev–Trinajstić information content (AvgIpc) is 2.46. The van der Waals surface area contributed by atoms with Gasteiger partial charge in [-0.3, -0.25) is 4.79 Å². The summed E-state index contributed by atoms with van der Waals surface area (Å²) in [5.74, 6) is -0.436. The van der Waals surface area contributed by atoms with Crippen molar-refractivity contribution in [2.45, 2.75) is 6.42 Å². The second-order valence-electron chi connectivity index (χ2n) is 3.95. The molecule has 1 aromatic carbocycles. The fourth-order valence-corrected chi connectivity index (χ4v) is 1.54. The van der Waals surface area contributed by atoms with Crippen molar-refractivity contribution in [3.8, 4) is 6.07 Å². The van der Waals surface area contributed by atoms with Crippen LogP contribution in [0, 0.1) is 17.1 Å². The number of benzene rings is 1. The zero-order chi connectivity index (χ0) is 14.8. The lowest BCUT2D eigenvalue weighted by molar-refractivity contribution is -0.117. The molecule has 0 heterocycles. The number of hydrogen-bond donors (Lipinski definition) is 2. The van der Waals surface area contributed by atoms with Gasteiger partial charge in [0.2, 0.25) is 0 Å². The standard InChI is InChI=1S/C14H15ClFN3O/c15-6-8-19-14(20)12(9-17)10-18-7-5-11-1-3-13(16)4-2-11/h1-4,10,18H,5-8H2,(H,19,20)/b12-10-. The molecule has 0 unspecified atom stereocenters. The third kappa shape index (κ3) is 5.72. The van der Waals surface area contributed by atoms with Gasteiger partial charge in [0, 0.05) is 25.2 Å². The summed E-state index contributed by atoms with van der Waals surface area (Å²) in [6.07, 6.45) is 2.03. The molecule has 1 amide bonds. The Hall–Kier alpha value is -2.06. The van der Waals surface area contributed by atoms with Crippen molar-refractivity contribution < 1.29 is 9.18 Å². The van der Waals surface area contributed by atoms with Gasteiger partial charge >= 0.3 is 0 Å². The van der Waals surface area contributed by atoms with E-state index >= 15 is 0 Å². The Balaban J connectivity index is 2.40. The topological polar surface area (TPSA) is 64.9 Å². The lowest BCUT2D eigenvalue weighted by Gasteiger charge is -2.04. The van der Waals surface area contributed by atoms with Gasteiger partial charge in [-0.05, 0) is 24.1 Å². The molecule has 0 aliphatic rings. The highest BCUT2D eigenvalue weighted by atomic mass is 35.5. The van der Waals surface area contributed by atoms with Crippen molar-refractivity contribution in [1.29, 1.82) is 5.26 Å². The number of hydrogen-bond acceptors (Lipinski definition) is 3. The van der Waals surface area contributed by atoms with Crippen LogP contribution < -0.4 is 10.6 Å². The van der Waals surface area contributed by atoms with E-state index in [1.54, 1.807) is 12.1 Å². The highest BCUT2D eigenvalue weighted by Crippen LogP contribution is 2.02. The molecule has 0 saturated carbocycles. The second-order valence-corrected chi connectivity index (χ2v) is 4.32. The Morgan fingerprint density at radius 3 is 2.65 bits per heavy atom. The van der Waals surface area contributed by atoms with E-state index in [2.05, 4.69) is 10.6 Å². The summed E-state index contributed by atoms with van der Waals surface area (Å²) in [5, 5.41) is 14.2. The number of halogens is 2. The molecule has 0 bridgehead atoms. The molecule has 1 rings (SSSR count). The zero-order valence-corrected chi connectivity index (χ0v) is 11.6. The van der Waals surface area contributed by atoms with Gasteiger partial charge in [0.25, 0.3) is 5.91 Å². The first-order chi connectivity index (χ1) is 9.67. The molecule has 0 saturated heterocycles. The summed E-state index contributed by atoms with van der Waals surface area (Å²) in [7, 11) is 0. The molecule has 2 N–H and O–H groups in total. The first-order valence-corrected chi connectivity index (χ1v) is 6.63. The Labute approximate surface area is 122 Å². The molecule has 106 valence electrons. The van der Waals surface area contributed by atoms with Crippen LogP contribution >= 0.6 is 11.6 Å². The Morgan fingerprint density at radius 2 is 2.05 bits per heavy atom. The smallest absolute Gasteiger partial charge is 0.263 e. The lowest BCUT2D eigenvalue weighted by atomic mass is 10.1. The first-order valence-electron chi connectivity index (χ1n) is 6.09. The molecule has 0 radical (unpaired) electrons. The predicted molar refractivity (Wildman–Crippen MR) is 75.5 cm³/mol. The first kappa shape index (κ1) is 16.0. The van der Waals surface area contributed by atoms with Crippen molar-refractivity contribution >= 4 is 17.5 Å². The van der Waals surface area contributed by atoms with E-state index in [0.717, 1.165) is 5.56 Å². The van der Waals surface area contributed by atoms with E-state index < -0.39 is 5.91 Å². The van der Waals surface area contributed by atoms with Crippen LogP contribution in [-0.4, -0.2) is 24.9 Å². The summed E-state index contributed by atoms with van der Waals surface area (Å²) >= 11 is 5.44. The molecular formula is C14H15ClFN3O. The van der Waals surface area contributed by atoms with Crippen LogP contribution in [0.5, 0.6) is 0 Å². The number of nitrogens with zero attached hydrogens (tertiary/aromatic N) is 1. The minimum atomic E-state index is -0.456. The lowest BCUT2D eigenvalue weighted by Crippen LogP contribution is -2.27. The molecule has 4 nitrogen and oxygen atoms in total. The number of carbonyl (C=O) groups excluding carboxylic acids is 1. The monoisotopic (exact) mass is 295 g/mol. The van der Waals surface area contributed by atoms with E-state index in [4.69, 9.17) is 16.9 Å². The van der Waals surface area contributed by atoms with Crippen LogP contribution in [0.1, 0.15) is 5.56 Å². The zero-order valence-electron chi connectivity index (χ0n) is 10.8. The van der Waals surface area contributed by atoms with Gasteiger partial charge in [0.05, 0.1) is 0 Å². The number of carbonyl (C=O) groups is 1. The third-order valence-corrected chi connectivity index (χ3v) is 2.65. The summed E-state index contributed by atoms with van der Waals surface area (Å²) in [4.78, 5) is 11.5. The molecule has 20 heavy (non-hydrogen) atoms. The van der Waals surface area contributed by atoms with Gasteiger partial charge < -0.3 is 10.6 Å². The molecule has 0 spiro atoms. The summed E-state index contributed by atoms with van der Waals surface area (Å²) in [6.45, 7) is 0.856. The molecular weight excluding hydrogens is 281 g/mol. The van der Waals surface area contributed by atoms with E-state index in [1.807, 2.05) is 6.07 Å². The summed E-state index contributed by atoms with van der Waals surface area (Å²) in [5.41, 5.74) is 0.964. The molecule has 6 heteroatoms. The number of alkyl halides is 1. The van der Waals surface area contributed by atoms with Gasteiger partial charge in [0.15, 0.2) is 0 Å². The van der Waals surface area contributed by atoms with Crippen LogP contribution in [0.2, 0.25) is 0 Å². The third-order valence-electron chi connectivity index (χ3n) is 2.46. The average molecular weight is 296 g/mol. The van der Waals surface area contributed by atoms with Crippen LogP contribution in [0.4, 0.5) is 4.39 Å². The highest BCUT2D eigenvalue weighted by molar-refractivity contribution is 6.18. The number of nitrogens with one attached hydrogen (secondary N) is 2. The van der Waals surface area contributed by atoms with E-state index in [0.29, 0.717) is 25.4 Å². The van der Waals surface area contributed by atoms with Crippen LogP contribution in [0.15, 0.2) is 36.0 Å². The molecule has 0 aromatic heterocycles. The van der Waals surface area contributed by atoms with E-state index in [1.165, 1.54) is 18.3 Å². The van der Waals surface area contributed by atoms with E-state index in [-0.39, 0.29) is 11.4 Å². The van der Waals surface area contributed by atoms with Gasteiger partial charge in [-0.1, -0.05) is 12.1 Å². The van der Waals surface area contributed by atoms with Gasteiger partial charge in [-0.15, -0.1) is 11.6 Å². The van der Waals surface area contributed by atoms with Gasteiger partial charge in [-0.25, -0.2) is 4.39 Å². The van der Waals surface area contributed by atoms with Crippen molar-refractivity contribution in [3.05, 3.63) is 47.4 Å². The maximum absolute atomic E-state index is 12.7. The maximum Gasteiger partial charge on any atom is 0.263 e. The number of rotatable bonds is 7. The minimum Gasteiger partial charge on any atom is -0.389 e. The molecule has 1 aromatic rings. The van der Waals surface area contributed by atoms with Crippen molar-refractivity contribution in [2.24, 2.45) is 0 Å². The normalized spacial score (nSPS) is 10.8. The number of nitriles is 1.